The Hall–Kier alpha value is -2.44. The molecule has 0 radical (unpaired) electrons. The first-order chi connectivity index (χ1) is 12.6. The SMILES string of the molecule is CCN(C(=O)[C@H](C)NC(=O)OC(C)(C)C)[C@@H](C)Cc1ccc2c(c1)OCO2. The summed E-state index contributed by atoms with van der Waals surface area (Å²) in [6.07, 6.45) is 0.0814. The summed E-state index contributed by atoms with van der Waals surface area (Å²) in [5.74, 6) is 1.33. The zero-order valence-electron chi connectivity index (χ0n) is 17.0. The highest BCUT2D eigenvalue weighted by Crippen LogP contribution is 2.33. The summed E-state index contributed by atoms with van der Waals surface area (Å²) in [5, 5.41) is 2.61. The molecule has 27 heavy (non-hydrogen) atoms. The highest BCUT2D eigenvalue weighted by atomic mass is 16.7. The van der Waals surface area contributed by atoms with Crippen LogP contribution in [0.1, 0.15) is 47.1 Å². The van der Waals surface area contributed by atoms with Crippen LogP contribution >= 0.6 is 0 Å². The zero-order valence-corrected chi connectivity index (χ0v) is 17.0. The normalized spacial score (nSPS) is 15.0. The highest BCUT2D eigenvalue weighted by molar-refractivity contribution is 5.85. The van der Waals surface area contributed by atoms with E-state index in [1.165, 1.54) is 0 Å². The molecule has 1 heterocycles. The van der Waals surface area contributed by atoms with Crippen molar-refractivity contribution in [1.29, 1.82) is 0 Å². The number of hydrogen-bond acceptors (Lipinski definition) is 5. The number of carbonyl (C=O) groups excluding carboxylic acids is 2. The Morgan fingerprint density at radius 3 is 2.52 bits per heavy atom. The van der Waals surface area contributed by atoms with E-state index < -0.39 is 17.7 Å². The van der Waals surface area contributed by atoms with Crippen LogP contribution < -0.4 is 14.8 Å². The quantitative estimate of drug-likeness (QED) is 0.823. The number of carbonyl (C=O) groups is 2. The fraction of sp³-hybridized carbons (Fsp3) is 0.600. The van der Waals surface area contributed by atoms with Crippen molar-refractivity contribution < 1.29 is 23.8 Å². The summed E-state index contributed by atoms with van der Waals surface area (Å²) in [5.41, 5.74) is 0.454. The molecule has 1 aliphatic heterocycles. The van der Waals surface area contributed by atoms with Gasteiger partial charge in [0.2, 0.25) is 12.7 Å². The molecule has 0 unspecified atom stereocenters. The van der Waals surface area contributed by atoms with Crippen molar-refractivity contribution in [3.63, 3.8) is 0 Å². The van der Waals surface area contributed by atoms with E-state index in [2.05, 4.69) is 5.32 Å². The van der Waals surface area contributed by atoms with Gasteiger partial charge in [0.25, 0.3) is 0 Å². The summed E-state index contributed by atoms with van der Waals surface area (Å²) in [4.78, 5) is 26.5. The molecule has 0 saturated heterocycles. The molecule has 2 rings (SSSR count). The van der Waals surface area contributed by atoms with E-state index in [0.29, 0.717) is 13.0 Å². The Morgan fingerprint density at radius 1 is 1.22 bits per heavy atom. The minimum atomic E-state index is -0.668. The van der Waals surface area contributed by atoms with Crippen molar-refractivity contribution in [2.24, 2.45) is 0 Å². The standard InChI is InChI=1S/C20H30N2O5/c1-7-22(18(23)14(3)21-19(24)27-20(4,5)6)13(2)10-15-8-9-16-17(11-15)26-12-25-16/h8-9,11,13-14H,7,10,12H2,1-6H3,(H,21,24)/t13-,14-/m0/s1. The highest BCUT2D eigenvalue weighted by Gasteiger charge is 2.27. The molecular weight excluding hydrogens is 348 g/mol. The van der Waals surface area contributed by atoms with Gasteiger partial charge in [-0.3, -0.25) is 4.79 Å². The summed E-state index contributed by atoms with van der Waals surface area (Å²) in [6, 6.07) is 5.10. The molecule has 0 bridgehead atoms. The van der Waals surface area contributed by atoms with Crippen LogP contribution in [0.4, 0.5) is 4.79 Å². The smallest absolute Gasteiger partial charge is 0.408 e. The molecule has 1 aromatic carbocycles. The largest absolute Gasteiger partial charge is 0.454 e. The Labute approximate surface area is 161 Å². The first-order valence-corrected chi connectivity index (χ1v) is 9.29. The molecule has 1 aliphatic rings. The number of nitrogens with zero attached hydrogens (tertiary/aromatic N) is 1. The zero-order chi connectivity index (χ0) is 20.2. The van der Waals surface area contributed by atoms with Crippen LogP contribution in [0.5, 0.6) is 11.5 Å². The van der Waals surface area contributed by atoms with Crippen molar-refractivity contribution in [3.05, 3.63) is 23.8 Å². The Bertz CT molecular complexity index is 683. The maximum Gasteiger partial charge on any atom is 0.408 e. The van der Waals surface area contributed by atoms with Gasteiger partial charge in [-0.25, -0.2) is 4.79 Å². The third-order valence-corrected chi connectivity index (χ3v) is 4.23. The van der Waals surface area contributed by atoms with Crippen LogP contribution in [0.15, 0.2) is 18.2 Å². The number of alkyl carbamates (subject to hydrolysis) is 1. The van der Waals surface area contributed by atoms with E-state index in [1.807, 2.05) is 32.0 Å². The van der Waals surface area contributed by atoms with Crippen LogP contribution in [0.25, 0.3) is 0 Å². The summed E-state index contributed by atoms with van der Waals surface area (Å²) >= 11 is 0. The third kappa shape index (κ3) is 5.77. The van der Waals surface area contributed by atoms with E-state index in [-0.39, 0.29) is 18.7 Å². The topological polar surface area (TPSA) is 77.1 Å². The third-order valence-electron chi connectivity index (χ3n) is 4.23. The maximum atomic E-state index is 12.8. The monoisotopic (exact) mass is 378 g/mol. The van der Waals surface area contributed by atoms with Crippen molar-refractivity contribution >= 4 is 12.0 Å². The Balaban J connectivity index is 1.97. The summed E-state index contributed by atoms with van der Waals surface area (Å²) < 4.78 is 16.0. The first-order valence-electron chi connectivity index (χ1n) is 9.29. The summed E-state index contributed by atoms with van der Waals surface area (Å²) in [6.45, 7) is 11.7. The van der Waals surface area contributed by atoms with Gasteiger partial charge in [0.05, 0.1) is 0 Å². The van der Waals surface area contributed by atoms with Crippen LogP contribution in [0.3, 0.4) is 0 Å². The second kappa shape index (κ2) is 8.50. The molecule has 7 heteroatoms. The number of likely N-dealkylation sites (N-methyl/N-ethyl adjacent to an activating group) is 1. The molecule has 0 spiro atoms. The lowest BCUT2D eigenvalue weighted by molar-refractivity contribution is -0.134. The fourth-order valence-electron chi connectivity index (χ4n) is 3.00. The van der Waals surface area contributed by atoms with Crippen LogP contribution in [-0.2, 0) is 16.0 Å². The van der Waals surface area contributed by atoms with Crippen molar-refractivity contribution in [3.8, 4) is 11.5 Å². The molecule has 0 aromatic heterocycles. The predicted octanol–water partition coefficient (Wildman–Crippen LogP) is 3.11. The Morgan fingerprint density at radius 2 is 1.89 bits per heavy atom. The van der Waals surface area contributed by atoms with E-state index in [9.17, 15) is 9.59 Å². The van der Waals surface area contributed by atoms with Gasteiger partial charge in [-0.2, -0.15) is 0 Å². The summed E-state index contributed by atoms with van der Waals surface area (Å²) in [7, 11) is 0. The second-order valence-corrected chi connectivity index (χ2v) is 7.73. The molecule has 7 nitrogen and oxygen atoms in total. The molecule has 1 N–H and O–H groups in total. The lowest BCUT2D eigenvalue weighted by atomic mass is 10.0. The average Bonchev–Trinajstić information content (AvgIpc) is 3.01. The van der Waals surface area contributed by atoms with Crippen LogP contribution in [0, 0.1) is 0 Å². The number of rotatable bonds is 6. The average molecular weight is 378 g/mol. The maximum absolute atomic E-state index is 12.8. The molecule has 0 fully saturated rings. The lowest BCUT2D eigenvalue weighted by Crippen LogP contribution is -2.51. The van der Waals surface area contributed by atoms with Crippen molar-refractivity contribution in [1.82, 2.24) is 10.2 Å². The van der Waals surface area contributed by atoms with E-state index >= 15 is 0 Å². The molecule has 1 aromatic rings. The van der Waals surface area contributed by atoms with E-state index in [1.54, 1.807) is 32.6 Å². The van der Waals surface area contributed by atoms with Gasteiger partial charge in [0.1, 0.15) is 11.6 Å². The number of benzene rings is 1. The lowest BCUT2D eigenvalue weighted by Gasteiger charge is -2.31. The van der Waals surface area contributed by atoms with Crippen molar-refractivity contribution in [2.75, 3.05) is 13.3 Å². The molecule has 2 amide bonds. The van der Waals surface area contributed by atoms with Crippen molar-refractivity contribution in [2.45, 2.75) is 65.6 Å². The number of amides is 2. The van der Waals surface area contributed by atoms with E-state index in [0.717, 1.165) is 17.1 Å². The molecular formula is C20H30N2O5. The van der Waals surface area contributed by atoms with Gasteiger partial charge in [0, 0.05) is 12.6 Å². The van der Waals surface area contributed by atoms with Gasteiger partial charge < -0.3 is 24.4 Å². The first kappa shape index (κ1) is 20.9. The van der Waals surface area contributed by atoms with Crippen LogP contribution in [0.2, 0.25) is 0 Å². The van der Waals surface area contributed by atoms with Crippen LogP contribution in [-0.4, -0.2) is 47.9 Å². The van der Waals surface area contributed by atoms with E-state index in [4.69, 9.17) is 14.2 Å². The number of ether oxygens (including phenoxy) is 3. The minimum absolute atomic E-state index is 0.0363. The second-order valence-electron chi connectivity index (χ2n) is 7.73. The molecule has 2 atom stereocenters. The minimum Gasteiger partial charge on any atom is -0.454 e. The molecule has 0 saturated carbocycles. The Kier molecular flexibility index (Phi) is 6.57. The van der Waals surface area contributed by atoms with Gasteiger partial charge in [0.15, 0.2) is 11.5 Å². The van der Waals surface area contributed by atoms with Gasteiger partial charge in [-0.1, -0.05) is 6.07 Å². The molecule has 150 valence electrons. The van der Waals surface area contributed by atoms with Gasteiger partial charge >= 0.3 is 6.09 Å². The van der Waals surface area contributed by atoms with Gasteiger partial charge in [-0.05, 0) is 65.7 Å². The predicted molar refractivity (Wildman–Crippen MR) is 102 cm³/mol. The number of fused-ring (bicyclic) bond motifs is 1. The molecule has 0 aliphatic carbocycles. The number of nitrogens with one attached hydrogen (secondary N) is 1. The van der Waals surface area contributed by atoms with Gasteiger partial charge in [-0.15, -0.1) is 0 Å². The number of hydrogen-bond donors (Lipinski definition) is 1. The fourth-order valence-corrected chi connectivity index (χ4v) is 3.00.